The molecule has 1 unspecified atom stereocenters. The molecule has 174 valence electrons. The minimum atomic E-state index is -1.10. The number of fused-ring (bicyclic) bond motifs is 2. The zero-order valence-corrected chi connectivity index (χ0v) is 20.8. The van der Waals surface area contributed by atoms with E-state index >= 15 is 0 Å². The van der Waals surface area contributed by atoms with Crippen molar-refractivity contribution in [3.63, 3.8) is 0 Å². The van der Waals surface area contributed by atoms with Gasteiger partial charge in [0.2, 0.25) is 0 Å². The Labute approximate surface area is 205 Å². The molecule has 6 heteroatoms. The molecule has 0 aliphatic carbocycles. The number of hydrogen-bond donors (Lipinski definition) is 1. The number of carbonyl (C=O) groups is 2. The zero-order valence-electron chi connectivity index (χ0n) is 20.0. The predicted molar refractivity (Wildman–Crippen MR) is 139 cm³/mol. The lowest BCUT2D eigenvalue weighted by atomic mass is 10.0. The van der Waals surface area contributed by atoms with Crippen molar-refractivity contribution in [2.45, 2.75) is 43.9 Å². The molecule has 2 aliphatic rings. The zero-order chi connectivity index (χ0) is 24.1. The maximum Gasteiger partial charge on any atom is 0.323 e. The molecule has 2 heterocycles. The van der Waals surface area contributed by atoms with E-state index in [1.807, 2.05) is 72.5 Å². The van der Waals surface area contributed by atoms with Crippen LogP contribution in [0.25, 0.3) is 0 Å². The summed E-state index contributed by atoms with van der Waals surface area (Å²) >= 11 is 1.57. The number of nitrogens with one attached hydrogen (secondary N) is 1. The van der Waals surface area contributed by atoms with E-state index in [1.54, 1.807) is 16.7 Å². The molecule has 1 spiro atoms. The summed E-state index contributed by atoms with van der Waals surface area (Å²) in [5.74, 6) is -0.0630. The molecule has 1 atom stereocenters. The molecule has 5 rings (SSSR count). The number of benzene rings is 3. The van der Waals surface area contributed by atoms with Crippen molar-refractivity contribution in [1.82, 2.24) is 4.90 Å². The van der Waals surface area contributed by atoms with Crippen molar-refractivity contribution in [2.75, 3.05) is 16.8 Å². The number of urea groups is 1. The molecule has 3 amide bonds. The van der Waals surface area contributed by atoms with Gasteiger partial charge in [0.25, 0.3) is 5.91 Å². The molecule has 3 aromatic rings. The van der Waals surface area contributed by atoms with Crippen LogP contribution >= 0.6 is 11.8 Å². The standard InChI is InChI=1S/C28H29N3O2S/c1-19-10-9-13-22(16-19)29-26(33)31-18-27(3,4)34-28(31)23-14-7-8-15-24(23)30(25(28)32)17-21-12-6-5-11-20(21)2/h5-16H,17-18H2,1-4H3,(H,29,33). The molecule has 1 saturated heterocycles. The SMILES string of the molecule is Cc1cccc(NC(=O)N2CC(C)(C)SC23C(=O)N(Cc2ccccc2C)c2ccccc23)c1. The highest BCUT2D eigenvalue weighted by molar-refractivity contribution is 8.02. The van der Waals surface area contributed by atoms with Gasteiger partial charge in [-0.1, -0.05) is 54.6 Å². The Morgan fingerprint density at radius 2 is 1.74 bits per heavy atom. The van der Waals surface area contributed by atoms with Crippen molar-refractivity contribution < 1.29 is 9.59 Å². The van der Waals surface area contributed by atoms with E-state index in [1.165, 1.54) is 0 Å². The Bertz CT molecular complexity index is 1290. The Kier molecular flexibility index (Phi) is 5.44. The van der Waals surface area contributed by atoms with Crippen LogP contribution in [0.2, 0.25) is 0 Å². The second-order valence-electron chi connectivity index (χ2n) is 9.73. The highest BCUT2D eigenvalue weighted by atomic mass is 32.2. The van der Waals surface area contributed by atoms with Crippen molar-refractivity contribution in [1.29, 1.82) is 0 Å². The summed E-state index contributed by atoms with van der Waals surface area (Å²) in [4.78, 5) is 30.5. The first-order valence-electron chi connectivity index (χ1n) is 11.5. The lowest BCUT2D eigenvalue weighted by Gasteiger charge is -2.33. The lowest BCUT2D eigenvalue weighted by Crippen LogP contribution is -2.51. The summed E-state index contributed by atoms with van der Waals surface area (Å²) < 4.78 is -0.286. The molecule has 2 aliphatic heterocycles. The average Bonchev–Trinajstić information content (AvgIpc) is 3.22. The number of rotatable bonds is 3. The van der Waals surface area contributed by atoms with Crippen LogP contribution in [0.4, 0.5) is 16.2 Å². The summed E-state index contributed by atoms with van der Waals surface area (Å²) in [6, 6.07) is 23.5. The second-order valence-corrected chi connectivity index (χ2v) is 11.6. The number of amides is 3. The number of thioether (sulfide) groups is 1. The van der Waals surface area contributed by atoms with Crippen LogP contribution in [0.3, 0.4) is 0 Å². The van der Waals surface area contributed by atoms with Gasteiger partial charge < -0.3 is 10.2 Å². The van der Waals surface area contributed by atoms with Crippen LogP contribution in [-0.4, -0.2) is 28.1 Å². The van der Waals surface area contributed by atoms with Gasteiger partial charge in [-0.3, -0.25) is 9.69 Å². The first kappa shape index (κ1) is 22.5. The normalized spacial score (nSPS) is 20.6. The number of nitrogens with zero attached hydrogens (tertiary/aromatic N) is 2. The molecule has 1 fully saturated rings. The maximum atomic E-state index is 14.3. The Morgan fingerprint density at radius 1 is 1.00 bits per heavy atom. The van der Waals surface area contributed by atoms with Gasteiger partial charge in [-0.2, -0.15) is 0 Å². The number of para-hydroxylation sites is 1. The van der Waals surface area contributed by atoms with Crippen LogP contribution in [0.1, 0.15) is 36.1 Å². The third kappa shape index (κ3) is 3.66. The first-order chi connectivity index (χ1) is 16.2. The van der Waals surface area contributed by atoms with E-state index in [2.05, 4.69) is 38.2 Å². The smallest absolute Gasteiger partial charge is 0.308 e. The molecular formula is C28H29N3O2S. The van der Waals surface area contributed by atoms with Crippen LogP contribution in [0, 0.1) is 13.8 Å². The fourth-order valence-electron chi connectivity index (χ4n) is 4.99. The van der Waals surface area contributed by atoms with Gasteiger partial charge in [-0.15, -0.1) is 11.8 Å². The summed E-state index contributed by atoms with van der Waals surface area (Å²) in [6.45, 7) is 9.18. The molecule has 5 nitrogen and oxygen atoms in total. The highest BCUT2D eigenvalue weighted by Gasteiger charge is 2.63. The quantitative estimate of drug-likeness (QED) is 0.505. The predicted octanol–water partition coefficient (Wildman–Crippen LogP) is 6.06. The molecule has 3 aromatic carbocycles. The number of aryl methyl sites for hydroxylation is 2. The first-order valence-corrected chi connectivity index (χ1v) is 12.3. The molecular weight excluding hydrogens is 442 g/mol. The third-order valence-corrected chi connectivity index (χ3v) is 8.13. The maximum absolute atomic E-state index is 14.3. The number of carbonyl (C=O) groups excluding carboxylic acids is 2. The molecule has 0 radical (unpaired) electrons. The Hall–Kier alpha value is -3.25. The summed E-state index contributed by atoms with van der Waals surface area (Å²) in [6.07, 6.45) is 0. The van der Waals surface area contributed by atoms with Crippen LogP contribution < -0.4 is 10.2 Å². The highest BCUT2D eigenvalue weighted by Crippen LogP contribution is 2.59. The van der Waals surface area contributed by atoms with E-state index in [0.29, 0.717) is 13.1 Å². The molecule has 0 aromatic heterocycles. The second kappa shape index (κ2) is 8.20. The van der Waals surface area contributed by atoms with Gasteiger partial charge in [0.05, 0.1) is 12.2 Å². The monoisotopic (exact) mass is 471 g/mol. The van der Waals surface area contributed by atoms with Crippen molar-refractivity contribution in [2.24, 2.45) is 0 Å². The van der Waals surface area contributed by atoms with E-state index in [9.17, 15) is 9.59 Å². The summed E-state index contributed by atoms with van der Waals surface area (Å²) in [5, 5.41) is 3.04. The van der Waals surface area contributed by atoms with Crippen LogP contribution in [0.5, 0.6) is 0 Å². The summed E-state index contributed by atoms with van der Waals surface area (Å²) in [7, 11) is 0. The minimum absolute atomic E-state index is 0.0630. The largest absolute Gasteiger partial charge is 0.323 e. The minimum Gasteiger partial charge on any atom is -0.308 e. The topological polar surface area (TPSA) is 52.7 Å². The third-order valence-electron chi connectivity index (χ3n) is 6.54. The van der Waals surface area contributed by atoms with Gasteiger partial charge in [-0.05, 0) is 62.6 Å². The average molecular weight is 472 g/mol. The summed E-state index contributed by atoms with van der Waals surface area (Å²) in [5.41, 5.74) is 5.78. The van der Waals surface area contributed by atoms with Gasteiger partial charge in [-0.25, -0.2) is 4.79 Å². The van der Waals surface area contributed by atoms with Crippen LogP contribution in [0.15, 0.2) is 72.8 Å². The van der Waals surface area contributed by atoms with E-state index in [0.717, 1.165) is 33.6 Å². The van der Waals surface area contributed by atoms with E-state index < -0.39 is 4.87 Å². The van der Waals surface area contributed by atoms with Gasteiger partial charge in [0.1, 0.15) is 0 Å². The van der Waals surface area contributed by atoms with Gasteiger partial charge in [0.15, 0.2) is 4.87 Å². The molecule has 1 N–H and O–H groups in total. The number of hydrogen-bond acceptors (Lipinski definition) is 3. The molecule has 34 heavy (non-hydrogen) atoms. The van der Waals surface area contributed by atoms with Crippen molar-refractivity contribution in [3.05, 3.63) is 95.1 Å². The Balaban J connectivity index is 1.57. The van der Waals surface area contributed by atoms with Crippen LogP contribution in [-0.2, 0) is 16.2 Å². The molecule has 0 bridgehead atoms. The van der Waals surface area contributed by atoms with E-state index in [-0.39, 0.29) is 16.7 Å². The number of anilines is 2. The van der Waals surface area contributed by atoms with Crippen molar-refractivity contribution in [3.8, 4) is 0 Å². The lowest BCUT2D eigenvalue weighted by molar-refractivity contribution is -0.123. The van der Waals surface area contributed by atoms with E-state index in [4.69, 9.17) is 0 Å². The van der Waals surface area contributed by atoms with Gasteiger partial charge in [0, 0.05) is 22.5 Å². The fraction of sp³-hybridized carbons (Fsp3) is 0.286. The fourth-order valence-corrected chi connectivity index (χ4v) is 6.72. The Morgan fingerprint density at radius 3 is 2.50 bits per heavy atom. The van der Waals surface area contributed by atoms with Crippen molar-refractivity contribution >= 4 is 35.1 Å². The van der Waals surface area contributed by atoms with Gasteiger partial charge >= 0.3 is 6.03 Å². The molecule has 0 saturated carbocycles.